The maximum Gasteiger partial charge on any atom is 0.336 e. The molecule has 4 rings (SSSR count). The van der Waals surface area contributed by atoms with E-state index < -0.39 is 0 Å². The maximum atomic E-state index is 11.8. The Morgan fingerprint density at radius 1 is 1.24 bits per heavy atom. The first kappa shape index (κ1) is 15.8. The first-order chi connectivity index (χ1) is 12.2. The van der Waals surface area contributed by atoms with Gasteiger partial charge in [-0.2, -0.15) is 0 Å². The molecule has 25 heavy (non-hydrogen) atoms. The molecule has 0 N–H and O–H groups in total. The molecule has 0 aliphatic carbocycles. The molecule has 1 aliphatic rings. The minimum atomic E-state index is -0.303. The molecule has 0 bridgehead atoms. The number of benzene rings is 1. The Kier molecular flexibility index (Phi) is 4.01. The molecule has 0 spiro atoms. The average Bonchev–Trinajstić information content (AvgIpc) is 2.63. The second kappa shape index (κ2) is 6.33. The van der Waals surface area contributed by atoms with Crippen LogP contribution in [-0.2, 0) is 19.5 Å². The van der Waals surface area contributed by atoms with Crippen molar-refractivity contribution in [2.75, 3.05) is 6.73 Å². The van der Waals surface area contributed by atoms with E-state index >= 15 is 0 Å². The zero-order valence-electron chi connectivity index (χ0n) is 14.4. The molecule has 3 heterocycles. The molecular weight excluding hydrogens is 316 g/mol. The van der Waals surface area contributed by atoms with E-state index in [-0.39, 0.29) is 5.63 Å². The molecular formula is C20H20N2O3. The highest BCUT2D eigenvalue weighted by Gasteiger charge is 2.22. The summed E-state index contributed by atoms with van der Waals surface area (Å²) in [7, 11) is 0. The van der Waals surface area contributed by atoms with Gasteiger partial charge in [-0.15, -0.1) is 0 Å². The molecule has 0 amide bonds. The van der Waals surface area contributed by atoms with Crippen molar-refractivity contribution in [3.8, 4) is 5.75 Å². The molecule has 0 fully saturated rings. The van der Waals surface area contributed by atoms with E-state index in [2.05, 4.69) is 22.9 Å². The largest absolute Gasteiger partial charge is 0.477 e. The van der Waals surface area contributed by atoms with Crippen molar-refractivity contribution in [1.29, 1.82) is 0 Å². The van der Waals surface area contributed by atoms with Crippen LogP contribution in [0.3, 0.4) is 0 Å². The van der Waals surface area contributed by atoms with Crippen LogP contribution < -0.4 is 10.4 Å². The number of nitrogens with zero attached hydrogens (tertiary/aromatic N) is 2. The van der Waals surface area contributed by atoms with Gasteiger partial charge in [0.1, 0.15) is 18.1 Å². The summed E-state index contributed by atoms with van der Waals surface area (Å²) in [6.45, 7) is 6.14. The van der Waals surface area contributed by atoms with E-state index in [1.54, 1.807) is 18.5 Å². The third-order valence-electron chi connectivity index (χ3n) is 4.70. The standard InChI is InChI=1S/C20H20N2O3/c1-3-15-9-18(23)25-20-13(2)19-16(8-17(15)20)11-22(12-24-19)10-14-4-6-21-7-5-14/h4-9H,3,10-12H2,1-2H3. The number of hydrogen-bond acceptors (Lipinski definition) is 5. The molecule has 0 radical (unpaired) electrons. The highest BCUT2D eigenvalue weighted by molar-refractivity contribution is 5.86. The summed E-state index contributed by atoms with van der Waals surface area (Å²) >= 11 is 0. The van der Waals surface area contributed by atoms with Crippen molar-refractivity contribution in [2.45, 2.75) is 33.4 Å². The molecule has 3 aromatic rings. The molecule has 128 valence electrons. The van der Waals surface area contributed by atoms with Crippen molar-refractivity contribution in [3.63, 3.8) is 0 Å². The lowest BCUT2D eigenvalue weighted by molar-refractivity contribution is 0.0881. The smallest absolute Gasteiger partial charge is 0.336 e. The van der Waals surface area contributed by atoms with Crippen molar-refractivity contribution >= 4 is 11.0 Å². The van der Waals surface area contributed by atoms with Gasteiger partial charge in [0.15, 0.2) is 0 Å². The van der Waals surface area contributed by atoms with E-state index in [0.717, 1.165) is 47.3 Å². The van der Waals surface area contributed by atoms with Crippen molar-refractivity contribution < 1.29 is 9.15 Å². The molecule has 0 saturated carbocycles. The van der Waals surface area contributed by atoms with E-state index in [4.69, 9.17) is 9.15 Å². The zero-order chi connectivity index (χ0) is 17.4. The van der Waals surface area contributed by atoms with E-state index in [9.17, 15) is 4.79 Å². The van der Waals surface area contributed by atoms with Crippen LogP contribution in [0.2, 0.25) is 0 Å². The number of hydrogen-bond donors (Lipinski definition) is 0. The maximum absolute atomic E-state index is 11.8. The van der Waals surface area contributed by atoms with Gasteiger partial charge in [-0.25, -0.2) is 4.79 Å². The number of aromatic nitrogens is 1. The molecule has 1 aliphatic heterocycles. The van der Waals surface area contributed by atoms with Crippen LogP contribution in [0.5, 0.6) is 5.75 Å². The Labute approximate surface area is 145 Å². The van der Waals surface area contributed by atoms with Gasteiger partial charge in [0.2, 0.25) is 0 Å². The highest BCUT2D eigenvalue weighted by atomic mass is 16.5. The van der Waals surface area contributed by atoms with Gasteiger partial charge in [0, 0.05) is 48.1 Å². The van der Waals surface area contributed by atoms with Crippen LogP contribution in [-0.4, -0.2) is 16.6 Å². The van der Waals surface area contributed by atoms with Crippen molar-refractivity contribution in [3.05, 3.63) is 69.3 Å². The molecule has 1 aromatic carbocycles. The zero-order valence-corrected chi connectivity index (χ0v) is 14.4. The topological polar surface area (TPSA) is 55.6 Å². The second-order valence-corrected chi connectivity index (χ2v) is 6.43. The Balaban J connectivity index is 1.73. The highest BCUT2D eigenvalue weighted by Crippen LogP contribution is 2.36. The van der Waals surface area contributed by atoms with Gasteiger partial charge in [-0.1, -0.05) is 6.92 Å². The monoisotopic (exact) mass is 336 g/mol. The van der Waals surface area contributed by atoms with Gasteiger partial charge in [0.05, 0.1) is 0 Å². The Morgan fingerprint density at radius 2 is 2.04 bits per heavy atom. The molecule has 0 atom stereocenters. The third-order valence-corrected chi connectivity index (χ3v) is 4.70. The second-order valence-electron chi connectivity index (χ2n) is 6.43. The first-order valence-electron chi connectivity index (χ1n) is 8.49. The Morgan fingerprint density at radius 3 is 2.80 bits per heavy atom. The number of pyridine rings is 1. The number of rotatable bonds is 3. The van der Waals surface area contributed by atoms with Crippen LogP contribution in [0.4, 0.5) is 0 Å². The fraction of sp³-hybridized carbons (Fsp3) is 0.300. The van der Waals surface area contributed by atoms with Gasteiger partial charge in [-0.05, 0) is 42.7 Å². The predicted octanol–water partition coefficient (Wildman–Crippen LogP) is 3.41. The lowest BCUT2D eigenvalue weighted by Gasteiger charge is -2.30. The fourth-order valence-corrected chi connectivity index (χ4v) is 3.47. The first-order valence-corrected chi connectivity index (χ1v) is 8.49. The molecule has 2 aromatic heterocycles. The lowest BCUT2D eigenvalue weighted by Crippen LogP contribution is -2.32. The van der Waals surface area contributed by atoms with Crippen molar-refractivity contribution in [1.82, 2.24) is 9.88 Å². The summed E-state index contributed by atoms with van der Waals surface area (Å²) in [6, 6.07) is 7.74. The molecule has 0 saturated heterocycles. The number of aryl methyl sites for hydroxylation is 2. The Hall–Kier alpha value is -2.66. The average molecular weight is 336 g/mol. The predicted molar refractivity (Wildman–Crippen MR) is 95.6 cm³/mol. The number of ether oxygens (including phenoxy) is 1. The normalized spacial score (nSPS) is 14.3. The van der Waals surface area contributed by atoms with Crippen LogP contribution in [0.1, 0.15) is 29.2 Å². The van der Waals surface area contributed by atoms with Gasteiger partial charge >= 0.3 is 5.63 Å². The van der Waals surface area contributed by atoms with Crippen LogP contribution in [0.25, 0.3) is 11.0 Å². The molecule has 5 heteroatoms. The summed E-state index contributed by atoms with van der Waals surface area (Å²) in [6.07, 6.45) is 4.41. The van der Waals surface area contributed by atoms with Crippen LogP contribution in [0.15, 0.2) is 45.9 Å². The van der Waals surface area contributed by atoms with Crippen LogP contribution in [0, 0.1) is 6.92 Å². The summed E-state index contributed by atoms with van der Waals surface area (Å²) in [5, 5.41) is 1.01. The molecule has 5 nitrogen and oxygen atoms in total. The van der Waals surface area contributed by atoms with E-state index in [1.165, 1.54) is 5.56 Å². The summed E-state index contributed by atoms with van der Waals surface area (Å²) in [4.78, 5) is 18.1. The van der Waals surface area contributed by atoms with E-state index in [0.29, 0.717) is 12.3 Å². The fourth-order valence-electron chi connectivity index (χ4n) is 3.47. The quantitative estimate of drug-likeness (QED) is 0.686. The number of fused-ring (bicyclic) bond motifs is 2. The Bertz CT molecular complexity index is 980. The lowest BCUT2D eigenvalue weighted by atomic mass is 9.99. The summed E-state index contributed by atoms with van der Waals surface area (Å²) in [5.41, 5.74) is 4.61. The van der Waals surface area contributed by atoms with Gasteiger partial charge in [-0.3, -0.25) is 9.88 Å². The minimum Gasteiger partial charge on any atom is -0.477 e. The minimum absolute atomic E-state index is 0.303. The summed E-state index contributed by atoms with van der Waals surface area (Å²) in [5.74, 6) is 0.842. The van der Waals surface area contributed by atoms with Crippen molar-refractivity contribution in [2.24, 2.45) is 0 Å². The van der Waals surface area contributed by atoms with Crippen LogP contribution >= 0.6 is 0 Å². The summed E-state index contributed by atoms with van der Waals surface area (Å²) < 4.78 is 11.5. The molecule has 0 unspecified atom stereocenters. The SMILES string of the molecule is CCc1cc(=O)oc2c(C)c3c(cc12)CN(Cc1ccncc1)CO3. The third kappa shape index (κ3) is 2.91. The van der Waals surface area contributed by atoms with Gasteiger partial charge < -0.3 is 9.15 Å². The van der Waals surface area contributed by atoms with E-state index in [1.807, 2.05) is 19.1 Å². The van der Waals surface area contributed by atoms with Gasteiger partial charge in [0.25, 0.3) is 0 Å².